The van der Waals surface area contributed by atoms with Gasteiger partial charge in [0.15, 0.2) is 0 Å². The van der Waals surface area contributed by atoms with Gasteiger partial charge in [0.05, 0.1) is 11.4 Å². The molecule has 3 aromatic rings. The Labute approximate surface area is 199 Å². The number of hydrogen-bond acceptors (Lipinski definition) is 3. The summed E-state index contributed by atoms with van der Waals surface area (Å²) in [6.45, 7) is 8.55. The Morgan fingerprint density at radius 1 is 0.875 bits per heavy atom. The zero-order valence-corrected chi connectivity index (χ0v) is 20.0. The van der Waals surface area contributed by atoms with E-state index in [0.717, 1.165) is 50.5 Å². The molecule has 2 heterocycles. The van der Waals surface area contributed by atoms with Gasteiger partial charge in [0.25, 0.3) is 5.56 Å². The topological polar surface area (TPSA) is 33.4 Å². The van der Waals surface area contributed by atoms with Gasteiger partial charge in [0.1, 0.15) is 5.02 Å². The number of halogens is 2. The minimum Gasteiger partial charge on any atom is -0.301 e. The molecule has 2 aromatic carbocycles. The van der Waals surface area contributed by atoms with Crippen molar-refractivity contribution in [2.24, 2.45) is 0 Å². The third kappa shape index (κ3) is 5.29. The van der Waals surface area contributed by atoms with E-state index < -0.39 is 0 Å². The quantitative estimate of drug-likeness (QED) is 0.475. The van der Waals surface area contributed by atoms with Crippen molar-refractivity contribution in [3.8, 4) is 5.69 Å². The third-order valence-electron chi connectivity index (χ3n) is 6.18. The van der Waals surface area contributed by atoms with Crippen molar-refractivity contribution in [3.05, 3.63) is 86.3 Å². The lowest BCUT2D eigenvalue weighted by atomic mass is 10.1. The Bertz CT molecular complexity index is 1070. The summed E-state index contributed by atoms with van der Waals surface area (Å²) in [6, 6.07) is 18.0. The van der Waals surface area contributed by atoms with E-state index in [1.807, 2.05) is 23.7 Å². The number of piperazine rings is 1. The second kappa shape index (κ2) is 10.7. The number of aromatic nitrogens is 2. The monoisotopic (exact) mass is 472 g/mol. The van der Waals surface area contributed by atoms with Crippen LogP contribution in [-0.2, 0) is 19.5 Å². The minimum absolute atomic E-state index is 0.176. The van der Waals surface area contributed by atoms with E-state index in [4.69, 9.17) is 23.2 Å². The molecule has 0 atom stereocenters. The summed E-state index contributed by atoms with van der Waals surface area (Å²) < 4.78 is 3.65. The lowest BCUT2D eigenvalue weighted by molar-refractivity contribution is 0.123. The Morgan fingerprint density at radius 3 is 2.19 bits per heavy atom. The highest BCUT2D eigenvalue weighted by Gasteiger charge is 2.23. The molecule has 170 valence electrons. The van der Waals surface area contributed by atoms with Crippen LogP contribution in [0.1, 0.15) is 24.6 Å². The first-order chi connectivity index (χ1) is 15.6. The molecule has 0 radical (unpaired) electrons. The van der Waals surface area contributed by atoms with E-state index in [2.05, 4.69) is 40.1 Å². The molecule has 1 fully saturated rings. The first-order valence-electron chi connectivity index (χ1n) is 11.3. The number of benzene rings is 2. The fraction of sp³-hybridized carbons (Fsp3) is 0.400. The van der Waals surface area contributed by atoms with E-state index in [1.165, 1.54) is 12.0 Å². The van der Waals surface area contributed by atoms with Crippen LogP contribution >= 0.6 is 23.2 Å². The second-order valence-corrected chi connectivity index (χ2v) is 9.09. The molecule has 1 saturated heterocycles. The van der Waals surface area contributed by atoms with Gasteiger partial charge in [-0.3, -0.25) is 14.4 Å². The SMILES string of the molecule is CCn1c(CN2CCN(CCCc3ccccc3)CC2)c(Cl)c(=O)n1-c1ccc(Cl)cc1. The maximum atomic E-state index is 12.9. The lowest BCUT2D eigenvalue weighted by Crippen LogP contribution is -2.46. The molecule has 1 aromatic heterocycles. The summed E-state index contributed by atoms with van der Waals surface area (Å²) in [5.41, 5.74) is 2.89. The molecule has 0 spiro atoms. The van der Waals surface area contributed by atoms with Crippen LogP contribution in [0.15, 0.2) is 59.4 Å². The van der Waals surface area contributed by atoms with Gasteiger partial charge in [0, 0.05) is 44.3 Å². The van der Waals surface area contributed by atoms with E-state index in [-0.39, 0.29) is 5.56 Å². The van der Waals surface area contributed by atoms with Crippen molar-refractivity contribution in [2.45, 2.75) is 32.9 Å². The predicted molar refractivity (Wildman–Crippen MR) is 132 cm³/mol. The molecule has 0 N–H and O–H groups in total. The Kier molecular flexibility index (Phi) is 7.74. The van der Waals surface area contributed by atoms with Gasteiger partial charge in [0.2, 0.25) is 0 Å². The zero-order valence-electron chi connectivity index (χ0n) is 18.5. The molecule has 0 aliphatic carbocycles. The smallest absolute Gasteiger partial charge is 0.290 e. The van der Waals surface area contributed by atoms with Gasteiger partial charge >= 0.3 is 0 Å². The van der Waals surface area contributed by atoms with Crippen molar-refractivity contribution in [3.63, 3.8) is 0 Å². The Balaban J connectivity index is 1.37. The van der Waals surface area contributed by atoms with Gasteiger partial charge in [-0.05, 0) is 56.1 Å². The summed E-state index contributed by atoms with van der Waals surface area (Å²) in [6.07, 6.45) is 2.30. The fourth-order valence-corrected chi connectivity index (χ4v) is 4.78. The highest BCUT2D eigenvalue weighted by molar-refractivity contribution is 6.31. The van der Waals surface area contributed by atoms with Gasteiger partial charge in [-0.2, -0.15) is 0 Å². The molecule has 4 rings (SSSR count). The normalized spacial score (nSPS) is 15.3. The van der Waals surface area contributed by atoms with Crippen LogP contribution in [0, 0.1) is 0 Å². The summed E-state index contributed by atoms with van der Waals surface area (Å²) in [4.78, 5) is 17.9. The summed E-state index contributed by atoms with van der Waals surface area (Å²) in [5.74, 6) is 0. The van der Waals surface area contributed by atoms with Crippen LogP contribution in [0.3, 0.4) is 0 Å². The van der Waals surface area contributed by atoms with E-state index in [0.29, 0.717) is 23.1 Å². The Morgan fingerprint density at radius 2 is 1.53 bits per heavy atom. The van der Waals surface area contributed by atoms with Crippen LogP contribution in [-0.4, -0.2) is 51.9 Å². The van der Waals surface area contributed by atoms with Crippen LogP contribution in [0.4, 0.5) is 0 Å². The lowest BCUT2D eigenvalue weighted by Gasteiger charge is -2.34. The van der Waals surface area contributed by atoms with E-state index in [1.54, 1.807) is 16.8 Å². The highest BCUT2D eigenvalue weighted by atomic mass is 35.5. The summed E-state index contributed by atoms with van der Waals surface area (Å²) >= 11 is 12.6. The number of nitrogens with zero attached hydrogens (tertiary/aromatic N) is 4. The molecule has 1 aliphatic heterocycles. The average molecular weight is 473 g/mol. The third-order valence-corrected chi connectivity index (χ3v) is 6.81. The van der Waals surface area contributed by atoms with Crippen LogP contribution in [0.25, 0.3) is 5.69 Å². The number of aryl methyl sites for hydroxylation is 1. The molecule has 32 heavy (non-hydrogen) atoms. The molecule has 0 bridgehead atoms. The largest absolute Gasteiger partial charge is 0.301 e. The average Bonchev–Trinajstić information content (AvgIpc) is 3.06. The predicted octanol–water partition coefficient (Wildman–Crippen LogP) is 4.72. The molecule has 7 heteroatoms. The standard InChI is InChI=1S/C25H30Cl2N4O/c1-2-30-23(24(27)25(32)31(30)22-12-10-21(26)11-13-22)19-29-17-15-28(16-18-29)14-6-9-20-7-4-3-5-8-20/h3-5,7-8,10-13H,2,6,9,14-19H2,1H3. The van der Waals surface area contributed by atoms with Crippen molar-refractivity contribution in [1.82, 2.24) is 19.2 Å². The molecule has 1 aliphatic rings. The summed E-state index contributed by atoms with van der Waals surface area (Å²) in [7, 11) is 0. The first-order valence-corrected chi connectivity index (χ1v) is 12.1. The van der Waals surface area contributed by atoms with Crippen molar-refractivity contribution >= 4 is 23.2 Å². The van der Waals surface area contributed by atoms with Gasteiger partial charge in [-0.25, -0.2) is 4.68 Å². The number of rotatable bonds is 8. The van der Waals surface area contributed by atoms with Crippen LogP contribution < -0.4 is 5.56 Å². The molecule has 0 saturated carbocycles. The highest BCUT2D eigenvalue weighted by Crippen LogP contribution is 2.20. The van der Waals surface area contributed by atoms with Crippen LogP contribution in [0.2, 0.25) is 10.0 Å². The van der Waals surface area contributed by atoms with E-state index in [9.17, 15) is 4.79 Å². The summed E-state index contributed by atoms with van der Waals surface area (Å²) in [5, 5.41) is 0.955. The van der Waals surface area contributed by atoms with Crippen molar-refractivity contribution in [1.29, 1.82) is 0 Å². The van der Waals surface area contributed by atoms with Crippen molar-refractivity contribution < 1.29 is 0 Å². The van der Waals surface area contributed by atoms with Gasteiger partial charge < -0.3 is 4.90 Å². The van der Waals surface area contributed by atoms with Crippen molar-refractivity contribution in [2.75, 3.05) is 32.7 Å². The van der Waals surface area contributed by atoms with Crippen LogP contribution in [0.5, 0.6) is 0 Å². The zero-order chi connectivity index (χ0) is 22.5. The Hall–Kier alpha value is -2.05. The maximum Gasteiger partial charge on any atom is 0.290 e. The molecule has 5 nitrogen and oxygen atoms in total. The molecular weight excluding hydrogens is 443 g/mol. The van der Waals surface area contributed by atoms with Gasteiger partial charge in [-0.1, -0.05) is 53.5 Å². The minimum atomic E-state index is -0.176. The number of hydrogen-bond donors (Lipinski definition) is 0. The molecule has 0 unspecified atom stereocenters. The van der Waals surface area contributed by atoms with E-state index >= 15 is 0 Å². The molecule has 0 amide bonds. The maximum absolute atomic E-state index is 12.9. The first kappa shape index (κ1) is 23.1. The molecular formula is C25H30Cl2N4O. The fourth-order valence-electron chi connectivity index (χ4n) is 4.42. The second-order valence-electron chi connectivity index (χ2n) is 8.28. The van der Waals surface area contributed by atoms with Gasteiger partial charge in [-0.15, -0.1) is 0 Å².